The van der Waals surface area contributed by atoms with Crippen LogP contribution in [0.25, 0.3) is 0 Å². The molecule has 0 saturated heterocycles. The molecule has 0 aromatic carbocycles. The third kappa shape index (κ3) is 41.6. The van der Waals surface area contributed by atoms with Gasteiger partial charge < -0.3 is 27.9 Å². The number of rotatable bonds is 40. The van der Waals surface area contributed by atoms with Crippen LogP contribution in [0.15, 0.2) is 48.6 Å². The average molecular weight is 810 g/mol. The fourth-order valence-corrected chi connectivity index (χ4v) is 6.50. The number of ether oxygens (including phenoxy) is 2. The molecule has 0 aromatic rings. The van der Waals surface area contributed by atoms with Gasteiger partial charge >= 0.3 is 11.9 Å². The van der Waals surface area contributed by atoms with Gasteiger partial charge in [0.1, 0.15) is 19.8 Å². The molecule has 0 radical (unpaired) electrons. The van der Waals surface area contributed by atoms with Gasteiger partial charge in [-0.3, -0.25) is 14.2 Å². The molecule has 0 N–H and O–H groups in total. The monoisotopic (exact) mass is 810 g/mol. The van der Waals surface area contributed by atoms with Crippen molar-refractivity contribution in [2.24, 2.45) is 0 Å². The Balaban J connectivity index is 4.43. The van der Waals surface area contributed by atoms with Crippen LogP contribution in [-0.2, 0) is 32.7 Å². The summed E-state index contributed by atoms with van der Waals surface area (Å²) in [5, 5.41) is 0. The lowest BCUT2D eigenvalue weighted by atomic mass is 10.1. The Morgan fingerprint density at radius 2 is 0.964 bits per heavy atom. The predicted molar refractivity (Wildman–Crippen MR) is 231 cm³/mol. The van der Waals surface area contributed by atoms with Crippen molar-refractivity contribution in [1.29, 1.82) is 0 Å². The lowest BCUT2D eigenvalue weighted by molar-refractivity contribution is -0.870. The summed E-state index contributed by atoms with van der Waals surface area (Å²) in [5.41, 5.74) is 0. The number of likely N-dealkylation sites (N-methyl/N-ethyl adjacent to an activating group) is 1. The Hall–Kier alpha value is -2.03. The van der Waals surface area contributed by atoms with Crippen LogP contribution in [0.2, 0.25) is 0 Å². The largest absolute Gasteiger partial charge is 0.756 e. The molecular weight excluding hydrogens is 725 g/mol. The molecule has 0 heterocycles. The molecule has 2 atom stereocenters. The van der Waals surface area contributed by atoms with Gasteiger partial charge in [0.2, 0.25) is 0 Å². The van der Waals surface area contributed by atoms with E-state index in [1.807, 2.05) is 21.1 Å². The summed E-state index contributed by atoms with van der Waals surface area (Å²) in [6, 6.07) is 0. The van der Waals surface area contributed by atoms with Gasteiger partial charge in [0.05, 0.1) is 27.7 Å². The van der Waals surface area contributed by atoms with Crippen LogP contribution in [0.3, 0.4) is 0 Å². The van der Waals surface area contributed by atoms with Crippen molar-refractivity contribution in [3.63, 3.8) is 0 Å². The number of nitrogens with zero attached hydrogens (tertiary/aromatic N) is 1. The SMILES string of the molecule is CCCCCCC/C=C/C/C=C/CCCCCCC(=O)OC[C@H](COP(=O)([O-])OCC[N+](C)(C)C)OC(=O)CCCCCC/C=C/C/C=C/CCCCCCC. The van der Waals surface area contributed by atoms with Gasteiger partial charge in [-0.15, -0.1) is 0 Å². The van der Waals surface area contributed by atoms with Gasteiger partial charge in [0.15, 0.2) is 6.10 Å². The van der Waals surface area contributed by atoms with Crippen molar-refractivity contribution in [1.82, 2.24) is 0 Å². The molecule has 0 aliphatic heterocycles. The smallest absolute Gasteiger partial charge is 0.306 e. The molecule has 0 aliphatic carbocycles. The summed E-state index contributed by atoms with van der Waals surface area (Å²) < 4.78 is 33.9. The molecule has 0 bridgehead atoms. The Morgan fingerprint density at radius 3 is 1.39 bits per heavy atom. The second kappa shape index (κ2) is 38.5. The molecule has 0 aliphatic rings. The third-order valence-corrected chi connectivity index (χ3v) is 10.3. The van der Waals surface area contributed by atoms with E-state index in [4.69, 9.17) is 18.5 Å². The fraction of sp³-hybridized carbons (Fsp3) is 0.783. The number of phosphoric ester groups is 1. The Bertz CT molecular complexity index is 1100. The van der Waals surface area contributed by atoms with E-state index < -0.39 is 32.5 Å². The van der Waals surface area contributed by atoms with Crippen molar-refractivity contribution in [2.75, 3.05) is 47.5 Å². The number of unbranched alkanes of at least 4 members (excludes halogenated alkanes) is 18. The standard InChI is InChI=1S/C46H84NO8P/c1-6-8-10-12-14-16-18-20-22-24-26-28-30-32-34-36-38-45(48)52-42-44(43-54-56(50,51)53-41-40-47(3,4)5)55-46(49)39-37-35-33-31-29-27-25-23-21-19-17-15-13-11-9-7-2/h18-21,24-27,44H,6-17,22-23,28-43H2,1-5H3/b20-18+,21-19+,26-24+,27-25+/t44-/m1/s1. The summed E-state index contributed by atoms with van der Waals surface area (Å²) >= 11 is 0. The van der Waals surface area contributed by atoms with E-state index >= 15 is 0 Å². The van der Waals surface area contributed by atoms with E-state index in [-0.39, 0.29) is 26.1 Å². The lowest BCUT2D eigenvalue weighted by Crippen LogP contribution is -2.37. The fourth-order valence-electron chi connectivity index (χ4n) is 5.77. The maximum atomic E-state index is 12.7. The summed E-state index contributed by atoms with van der Waals surface area (Å²) in [6.45, 7) is 4.15. The van der Waals surface area contributed by atoms with Crippen LogP contribution in [0.4, 0.5) is 0 Å². The third-order valence-electron chi connectivity index (χ3n) is 9.32. The number of hydrogen-bond acceptors (Lipinski definition) is 8. The molecule has 9 nitrogen and oxygen atoms in total. The van der Waals surface area contributed by atoms with E-state index in [1.165, 1.54) is 77.0 Å². The Labute approximate surface area is 343 Å². The van der Waals surface area contributed by atoms with Crippen LogP contribution in [0.1, 0.15) is 181 Å². The van der Waals surface area contributed by atoms with Crippen LogP contribution in [0, 0.1) is 0 Å². The maximum absolute atomic E-state index is 12.7. The zero-order chi connectivity index (χ0) is 41.4. The normalized spacial score (nSPS) is 14.0. The number of esters is 2. The van der Waals surface area contributed by atoms with Crippen molar-refractivity contribution in [3.8, 4) is 0 Å². The van der Waals surface area contributed by atoms with Gasteiger partial charge in [-0.05, 0) is 77.0 Å². The first-order valence-corrected chi connectivity index (χ1v) is 23.8. The van der Waals surface area contributed by atoms with Crippen LogP contribution < -0.4 is 4.89 Å². The molecule has 1 unspecified atom stereocenters. The lowest BCUT2D eigenvalue weighted by Gasteiger charge is -2.28. The van der Waals surface area contributed by atoms with Crippen LogP contribution in [0.5, 0.6) is 0 Å². The predicted octanol–water partition coefficient (Wildman–Crippen LogP) is 12.1. The van der Waals surface area contributed by atoms with Crippen molar-refractivity contribution >= 4 is 19.8 Å². The van der Waals surface area contributed by atoms with Crippen molar-refractivity contribution < 1.29 is 42.1 Å². The van der Waals surface area contributed by atoms with Gasteiger partial charge in [0.25, 0.3) is 7.82 Å². The van der Waals surface area contributed by atoms with E-state index in [0.29, 0.717) is 23.9 Å². The average Bonchev–Trinajstić information content (AvgIpc) is 3.15. The van der Waals surface area contributed by atoms with Gasteiger partial charge in [-0.2, -0.15) is 0 Å². The Kier molecular flexibility index (Phi) is 37.1. The molecule has 0 spiro atoms. The molecule has 0 fully saturated rings. The number of allylic oxidation sites excluding steroid dienone is 8. The molecule has 56 heavy (non-hydrogen) atoms. The highest BCUT2D eigenvalue weighted by molar-refractivity contribution is 7.45. The number of quaternary nitrogens is 1. The number of hydrogen-bond donors (Lipinski definition) is 0. The number of phosphoric acid groups is 1. The minimum absolute atomic E-state index is 0.0389. The van der Waals surface area contributed by atoms with Crippen LogP contribution >= 0.6 is 7.82 Å². The molecular formula is C46H84NO8P. The molecule has 0 amide bonds. The molecule has 0 rings (SSSR count). The highest BCUT2D eigenvalue weighted by Crippen LogP contribution is 2.38. The zero-order valence-corrected chi connectivity index (χ0v) is 37.5. The molecule has 0 aromatic heterocycles. The molecule has 326 valence electrons. The van der Waals surface area contributed by atoms with E-state index in [2.05, 4.69) is 62.5 Å². The number of carbonyl (C=O) groups is 2. The topological polar surface area (TPSA) is 111 Å². The quantitative estimate of drug-likeness (QED) is 0.0198. The first-order valence-electron chi connectivity index (χ1n) is 22.3. The second-order valence-corrected chi connectivity index (χ2v) is 17.5. The van der Waals surface area contributed by atoms with Crippen molar-refractivity contribution in [2.45, 2.75) is 187 Å². The second-order valence-electron chi connectivity index (χ2n) is 16.1. The summed E-state index contributed by atoms with van der Waals surface area (Å²) in [6.07, 6.45) is 44.2. The minimum atomic E-state index is -4.63. The van der Waals surface area contributed by atoms with Gasteiger partial charge in [0, 0.05) is 12.8 Å². The van der Waals surface area contributed by atoms with Crippen LogP contribution in [-0.4, -0.2) is 70.0 Å². The Morgan fingerprint density at radius 1 is 0.554 bits per heavy atom. The zero-order valence-electron chi connectivity index (χ0n) is 36.6. The maximum Gasteiger partial charge on any atom is 0.306 e. The van der Waals surface area contributed by atoms with Crippen molar-refractivity contribution in [3.05, 3.63) is 48.6 Å². The summed E-state index contributed by atoms with van der Waals surface area (Å²) in [4.78, 5) is 37.5. The van der Waals surface area contributed by atoms with E-state index in [1.54, 1.807) is 0 Å². The van der Waals surface area contributed by atoms with Gasteiger partial charge in [-0.1, -0.05) is 140 Å². The summed E-state index contributed by atoms with van der Waals surface area (Å²) in [7, 11) is 1.14. The van der Waals surface area contributed by atoms with E-state index in [0.717, 1.165) is 64.2 Å². The minimum Gasteiger partial charge on any atom is -0.756 e. The highest BCUT2D eigenvalue weighted by atomic mass is 31.2. The molecule has 10 heteroatoms. The highest BCUT2D eigenvalue weighted by Gasteiger charge is 2.21. The van der Waals surface area contributed by atoms with E-state index in [9.17, 15) is 19.0 Å². The first kappa shape index (κ1) is 54.0. The van der Waals surface area contributed by atoms with Gasteiger partial charge in [-0.25, -0.2) is 0 Å². The summed E-state index contributed by atoms with van der Waals surface area (Å²) in [5.74, 6) is -0.878. The first-order chi connectivity index (χ1) is 27.0. The number of carbonyl (C=O) groups excluding carboxylic acids is 2. The molecule has 0 saturated carbocycles.